The van der Waals surface area contributed by atoms with Crippen LogP contribution in [0.3, 0.4) is 0 Å². The van der Waals surface area contributed by atoms with Crippen molar-refractivity contribution in [3.63, 3.8) is 0 Å². The van der Waals surface area contributed by atoms with Gasteiger partial charge in [-0.1, -0.05) is 0 Å². The van der Waals surface area contributed by atoms with Gasteiger partial charge in [0.2, 0.25) is 0 Å². The Hall–Kier alpha value is -1.87. The number of carboxylic acid groups (broad SMARTS) is 2. The molecule has 0 aromatic heterocycles. The number of aliphatic hydroxyl groups is 1. The molecule has 0 aromatic carbocycles. The van der Waals surface area contributed by atoms with E-state index in [4.69, 9.17) is 20.1 Å². The van der Waals surface area contributed by atoms with Crippen LogP contribution in [0.25, 0.3) is 0 Å². The Bertz CT molecular complexity index is 387. The van der Waals surface area contributed by atoms with Gasteiger partial charge in [0.15, 0.2) is 0 Å². The molecule has 1 heterocycles. The van der Waals surface area contributed by atoms with Crippen molar-refractivity contribution in [1.29, 1.82) is 0 Å². The Morgan fingerprint density at radius 3 is 2.50 bits per heavy atom. The fourth-order valence-electron chi connectivity index (χ4n) is 1.93. The largest absolute Gasteiger partial charge is 0.481 e. The molecule has 1 aliphatic rings. The first-order valence-electron chi connectivity index (χ1n) is 6.09. The van der Waals surface area contributed by atoms with E-state index in [1.165, 1.54) is 4.90 Å². The van der Waals surface area contributed by atoms with E-state index in [9.17, 15) is 14.4 Å². The monoisotopic (exact) mass is 290 g/mol. The molecule has 1 rings (SSSR count). The summed E-state index contributed by atoms with van der Waals surface area (Å²) in [5, 5.41) is 28.6. The molecule has 0 bridgehead atoms. The van der Waals surface area contributed by atoms with Crippen molar-refractivity contribution in [3.8, 4) is 0 Å². The van der Waals surface area contributed by atoms with E-state index in [2.05, 4.69) is 5.32 Å². The molecule has 0 aromatic rings. The number of morpholine rings is 1. The molecule has 0 saturated carbocycles. The van der Waals surface area contributed by atoms with Crippen LogP contribution >= 0.6 is 0 Å². The first kappa shape index (κ1) is 16.2. The fourth-order valence-corrected chi connectivity index (χ4v) is 1.93. The number of hydrogen-bond donors (Lipinski definition) is 4. The summed E-state index contributed by atoms with van der Waals surface area (Å²) < 4.78 is 5.35. The van der Waals surface area contributed by atoms with E-state index >= 15 is 0 Å². The van der Waals surface area contributed by atoms with Crippen LogP contribution in [0.4, 0.5) is 4.79 Å². The third-order valence-electron chi connectivity index (χ3n) is 2.79. The number of aliphatic hydroxyl groups excluding tert-OH is 1. The Morgan fingerprint density at radius 1 is 1.35 bits per heavy atom. The van der Waals surface area contributed by atoms with Crippen LogP contribution in [-0.4, -0.2) is 76.1 Å². The highest BCUT2D eigenvalue weighted by Crippen LogP contribution is 2.11. The summed E-state index contributed by atoms with van der Waals surface area (Å²) in [5.41, 5.74) is 0. The van der Waals surface area contributed by atoms with Crippen molar-refractivity contribution >= 4 is 18.0 Å². The summed E-state index contributed by atoms with van der Waals surface area (Å²) >= 11 is 0. The quantitative estimate of drug-likeness (QED) is 0.494. The lowest BCUT2D eigenvalue weighted by Gasteiger charge is -2.36. The Balaban J connectivity index is 2.63. The lowest BCUT2D eigenvalue weighted by molar-refractivity contribution is -0.145. The summed E-state index contributed by atoms with van der Waals surface area (Å²) in [6.07, 6.45) is -1.54. The van der Waals surface area contributed by atoms with Crippen molar-refractivity contribution in [3.05, 3.63) is 0 Å². The van der Waals surface area contributed by atoms with Gasteiger partial charge >= 0.3 is 18.0 Å². The molecule has 0 radical (unpaired) electrons. The Kier molecular flexibility index (Phi) is 5.71. The van der Waals surface area contributed by atoms with Crippen LogP contribution in [0.5, 0.6) is 0 Å². The van der Waals surface area contributed by atoms with Crippen LogP contribution in [0.2, 0.25) is 0 Å². The smallest absolute Gasteiger partial charge is 0.326 e. The molecule has 2 amide bonds. The first-order valence-corrected chi connectivity index (χ1v) is 6.09. The molecule has 3 atom stereocenters. The minimum Gasteiger partial charge on any atom is -0.481 e. The summed E-state index contributed by atoms with van der Waals surface area (Å²) in [5.74, 6) is -2.73. The average molecular weight is 290 g/mol. The predicted octanol–water partition coefficient (Wildman–Crippen LogP) is -1.29. The highest BCUT2D eigenvalue weighted by Gasteiger charge is 2.31. The zero-order chi connectivity index (χ0) is 15.3. The van der Waals surface area contributed by atoms with E-state index in [1.807, 2.05) is 0 Å². The van der Waals surface area contributed by atoms with Crippen molar-refractivity contribution < 1.29 is 34.4 Å². The molecule has 4 N–H and O–H groups in total. The highest BCUT2D eigenvalue weighted by molar-refractivity contribution is 5.86. The summed E-state index contributed by atoms with van der Waals surface area (Å²) in [7, 11) is 0. The van der Waals surface area contributed by atoms with Crippen LogP contribution < -0.4 is 5.32 Å². The normalized spacial score (nSPS) is 24.0. The second kappa shape index (κ2) is 7.06. The molecule has 1 saturated heterocycles. The number of hydrogen-bond acceptors (Lipinski definition) is 5. The molecular weight excluding hydrogens is 272 g/mol. The van der Waals surface area contributed by atoms with Crippen LogP contribution in [0.1, 0.15) is 13.3 Å². The number of aliphatic carboxylic acids is 2. The molecule has 9 nitrogen and oxygen atoms in total. The number of amides is 2. The minimum absolute atomic E-state index is 0.117. The molecular formula is C11H18N2O7. The van der Waals surface area contributed by atoms with Crippen molar-refractivity contribution in [1.82, 2.24) is 10.2 Å². The van der Waals surface area contributed by atoms with E-state index in [0.717, 1.165) is 0 Å². The van der Waals surface area contributed by atoms with Gasteiger partial charge in [0.05, 0.1) is 31.8 Å². The van der Waals surface area contributed by atoms with Gasteiger partial charge in [-0.05, 0) is 6.92 Å². The molecule has 2 unspecified atom stereocenters. The van der Waals surface area contributed by atoms with E-state index in [-0.39, 0.29) is 25.8 Å². The maximum absolute atomic E-state index is 11.9. The maximum atomic E-state index is 11.9. The number of carbonyl (C=O) groups is 3. The van der Waals surface area contributed by atoms with Crippen molar-refractivity contribution in [2.45, 2.75) is 31.6 Å². The van der Waals surface area contributed by atoms with Gasteiger partial charge in [0.25, 0.3) is 0 Å². The van der Waals surface area contributed by atoms with Gasteiger partial charge in [0, 0.05) is 6.54 Å². The highest BCUT2D eigenvalue weighted by atomic mass is 16.5. The summed E-state index contributed by atoms with van der Waals surface area (Å²) in [6, 6.07) is -2.18. The SMILES string of the molecule is CC1CN(C(=O)N[C@H](CC(=O)O)C(=O)O)CC(CO)O1. The zero-order valence-electron chi connectivity index (χ0n) is 11.0. The molecule has 9 heteroatoms. The van der Waals surface area contributed by atoms with Gasteiger partial charge in [0.1, 0.15) is 6.04 Å². The Morgan fingerprint density at radius 2 is 2.00 bits per heavy atom. The molecule has 1 fully saturated rings. The number of ether oxygens (including phenoxy) is 1. The maximum Gasteiger partial charge on any atom is 0.326 e. The third-order valence-corrected chi connectivity index (χ3v) is 2.79. The van der Waals surface area contributed by atoms with E-state index in [0.29, 0.717) is 0 Å². The lowest BCUT2D eigenvalue weighted by atomic mass is 10.2. The molecule has 0 aliphatic carbocycles. The van der Waals surface area contributed by atoms with Crippen LogP contribution in [0, 0.1) is 0 Å². The zero-order valence-corrected chi connectivity index (χ0v) is 11.0. The average Bonchev–Trinajstić information content (AvgIpc) is 2.36. The topological polar surface area (TPSA) is 136 Å². The van der Waals surface area contributed by atoms with E-state index < -0.39 is 36.5 Å². The second-order valence-corrected chi connectivity index (χ2v) is 4.59. The minimum atomic E-state index is -1.49. The second-order valence-electron chi connectivity index (χ2n) is 4.59. The number of carbonyl (C=O) groups excluding carboxylic acids is 1. The summed E-state index contributed by atoms with van der Waals surface area (Å²) in [4.78, 5) is 34.6. The number of carboxylic acids is 2. The fraction of sp³-hybridized carbons (Fsp3) is 0.727. The van der Waals surface area contributed by atoms with Gasteiger partial charge in [-0.25, -0.2) is 9.59 Å². The number of urea groups is 1. The van der Waals surface area contributed by atoms with E-state index in [1.54, 1.807) is 6.92 Å². The van der Waals surface area contributed by atoms with Crippen molar-refractivity contribution in [2.75, 3.05) is 19.7 Å². The molecule has 0 spiro atoms. The number of nitrogens with zero attached hydrogens (tertiary/aromatic N) is 1. The molecule has 1 aliphatic heterocycles. The van der Waals surface area contributed by atoms with Crippen molar-refractivity contribution in [2.24, 2.45) is 0 Å². The predicted molar refractivity (Wildman–Crippen MR) is 65.2 cm³/mol. The standard InChI is InChI=1S/C11H18N2O7/c1-6-3-13(4-7(5-14)20-6)11(19)12-8(10(17)18)2-9(15)16/h6-8,14H,2-5H2,1H3,(H,12,19)(H,15,16)(H,17,18)/t6?,7?,8-/m1/s1. The molecule has 20 heavy (non-hydrogen) atoms. The van der Waals surface area contributed by atoms with Gasteiger partial charge < -0.3 is 30.3 Å². The first-order chi connectivity index (χ1) is 9.33. The third kappa shape index (κ3) is 4.67. The molecule has 114 valence electrons. The lowest BCUT2D eigenvalue weighted by Crippen LogP contribution is -2.56. The van der Waals surface area contributed by atoms with Crippen LogP contribution in [0.15, 0.2) is 0 Å². The number of rotatable bonds is 5. The van der Waals surface area contributed by atoms with Gasteiger partial charge in [-0.2, -0.15) is 0 Å². The van der Waals surface area contributed by atoms with Gasteiger partial charge in [-0.15, -0.1) is 0 Å². The Labute approximate surface area is 115 Å². The summed E-state index contributed by atoms with van der Waals surface area (Å²) in [6.45, 7) is 1.81. The number of nitrogens with one attached hydrogen (secondary N) is 1. The van der Waals surface area contributed by atoms with Gasteiger partial charge in [-0.3, -0.25) is 4.79 Å². The van der Waals surface area contributed by atoms with Crippen LogP contribution in [-0.2, 0) is 14.3 Å².